The zero-order chi connectivity index (χ0) is 11.3. The van der Waals surface area contributed by atoms with E-state index in [0.29, 0.717) is 13.2 Å². The Kier molecular flexibility index (Phi) is 4.05. The Labute approximate surface area is 88.1 Å². The summed E-state index contributed by atoms with van der Waals surface area (Å²) in [6.07, 6.45) is 0. The van der Waals surface area contributed by atoms with Crippen LogP contribution in [0.2, 0.25) is 0 Å². The minimum absolute atomic E-state index is 0.00986. The second-order valence-electron chi connectivity index (χ2n) is 2.99. The molecule has 6 heteroatoms. The highest BCUT2D eigenvalue weighted by molar-refractivity contribution is 6.39. The Morgan fingerprint density at radius 1 is 1.47 bits per heavy atom. The fourth-order valence-corrected chi connectivity index (χ4v) is 1.25. The molecule has 0 aliphatic carbocycles. The summed E-state index contributed by atoms with van der Waals surface area (Å²) in [5.74, 6) is -1.76. The van der Waals surface area contributed by atoms with Crippen LogP contribution in [0.3, 0.4) is 0 Å². The van der Waals surface area contributed by atoms with Gasteiger partial charge < -0.3 is 19.0 Å². The van der Waals surface area contributed by atoms with Crippen LogP contribution in [0.15, 0.2) is 5.16 Å². The molecule has 0 spiro atoms. The molecular weight excluding hydrogens is 202 g/mol. The Balaban J connectivity index is 2.82. The maximum absolute atomic E-state index is 11.5. The van der Waals surface area contributed by atoms with E-state index in [1.165, 1.54) is 7.11 Å². The summed E-state index contributed by atoms with van der Waals surface area (Å²) < 4.78 is 15.4. The lowest BCUT2D eigenvalue weighted by molar-refractivity contribution is -0.140. The van der Waals surface area contributed by atoms with Gasteiger partial charge in [0.05, 0.1) is 19.8 Å². The molecule has 1 rings (SSSR count). The molecule has 0 aromatic heterocycles. The number of hydrogen-bond donors (Lipinski definition) is 0. The van der Waals surface area contributed by atoms with Gasteiger partial charge in [-0.2, -0.15) is 0 Å². The van der Waals surface area contributed by atoms with E-state index < -0.39 is 11.8 Å². The highest BCUT2D eigenvalue weighted by Gasteiger charge is 2.42. The van der Waals surface area contributed by atoms with Crippen molar-refractivity contribution in [3.63, 3.8) is 0 Å². The van der Waals surface area contributed by atoms with Crippen LogP contribution >= 0.6 is 0 Å². The number of nitrogens with zero attached hydrogens (tertiary/aromatic N) is 1. The summed E-state index contributed by atoms with van der Waals surface area (Å²) >= 11 is 0. The Morgan fingerprint density at radius 2 is 2.07 bits per heavy atom. The second-order valence-corrected chi connectivity index (χ2v) is 2.99. The van der Waals surface area contributed by atoms with Gasteiger partial charge in [0.1, 0.15) is 7.11 Å². The quantitative estimate of drug-likeness (QED) is 0.385. The third-order valence-corrected chi connectivity index (χ3v) is 1.92. The summed E-state index contributed by atoms with van der Waals surface area (Å²) in [5, 5.41) is 3.59. The highest BCUT2D eigenvalue weighted by atomic mass is 16.7. The minimum Gasteiger partial charge on any atom is -0.461 e. The van der Waals surface area contributed by atoms with Gasteiger partial charge in [0, 0.05) is 0 Å². The number of esters is 1. The largest absolute Gasteiger partial charge is 0.461 e. The second kappa shape index (κ2) is 5.09. The Morgan fingerprint density at radius 3 is 2.53 bits per heavy atom. The van der Waals surface area contributed by atoms with Crippen LogP contribution < -0.4 is 0 Å². The van der Waals surface area contributed by atoms with Crippen LogP contribution in [0.25, 0.3) is 0 Å². The van der Waals surface area contributed by atoms with Gasteiger partial charge >= 0.3 is 5.97 Å². The Hall–Kier alpha value is -1.14. The van der Waals surface area contributed by atoms with E-state index in [9.17, 15) is 4.79 Å². The lowest BCUT2D eigenvalue weighted by Crippen LogP contribution is -2.42. The van der Waals surface area contributed by atoms with Gasteiger partial charge in [-0.25, -0.2) is 4.79 Å². The van der Waals surface area contributed by atoms with E-state index in [1.807, 2.05) is 0 Å². The van der Waals surface area contributed by atoms with Crippen molar-refractivity contribution in [1.29, 1.82) is 0 Å². The first-order chi connectivity index (χ1) is 7.14. The van der Waals surface area contributed by atoms with Gasteiger partial charge in [0.15, 0.2) is 0 Å². The highest BCUT2D eigenvalue weighted by Crippen LogP contribution is 2.21. The van der Waals surface area contributed by atoms with Gasteiger partial charge in [-0.05, 0) is 13.8 Å². The molecular formula is C9H15NO5. The molecule has 0 radical (unpaired) electrons. The fourth-order valence-electron chi connectivity index (χ4n) is 1.25. The molecule has 0 saturated carbocycles. The van der Waals surface area contributed by atoms with Gasteiger partial charge in [-0.3, -0.25) is 0 Å². The average molecular weight is 217 g/mol. The summed E-state index contributed by atoms with van der Waals surface area (Å²) in [7, 11) is 1.34. The normalized spacial score (nSPS) is 20.1. The van der Waals surface area contributed by atoms with Crippen LogP contribution in [0.5, 0.6) is 0 Å². The predicted octanol–water partition coefficient (Wildman–Crippen LogP) is 0.315. The van der Waals surface area contributed by atoms with Crippen LogP contribution in [0.1, 0.15) is 13.8 Å². The molecule has 15 heavy (non-hydrogen) atoms. The number of rotatable bonds is 4. The van der Waals surface area contributed by atoms with Gasteiger partial charge in [-0.1, -0.05) is 5.16 Å². The van der Waals surface area contributed by atoms with Crippen molar-refractivity contribution < 1.29 is 23.8 Å². The van der Waals surface area contributed by atoms with Crippen molar-refractivity contribution in [2.75, 3.05) is 26.9 Å². The van der Waals surface area contributed by atoms with Crippen molar-refractivity contribution in [3.05, 3.63) is 0 Å². The number of ether oxygens (including phenoxy) is 3. The number of hydrogen-bond acceptors (Lipinski definition) is 6. The van der Waals surface area contributed by atoms with E-state index in [4.69, 9.17) is 14.2 Å². The minimum atomic E-state index is -1.16. The van der Waals surface area contributed by atoms with Crippen LogP contribution in [0.4, 0.5) is 0 Å². The first-order valence-electron chi connectivity index (χ1n) is 4.70. The molecule has 1 aliphatic rings. The van der Waals surface area contributed by atoms with E-state index in [2.05, 4.69) is 9.99 Å². The molecule has 0 bridgehead atoms. The zero-order valence-corrected chi connectivity index (χ0v) is 9.11. The third-order valence-electron chi connectivity index (χ3n) is 1.92. The topological polar surface area (TPSA) is 66.4 Å². The maximum Gasteiger partial charge on any atom is 0.361 e. The molecule has 1 saturated heterocycles. The third kappa shape index (κ3) is 2.66. The molecule has 6 nitrogen and oxygen atoms in total. The van der Waals surface area contributed by atoms with Crippen molar-refractivity contribution in [1.82, 2.24) is 0 Å². The smallest absolute Gasteiger partial charge is 0.361 e. The number of carbonyl (C=O) groups is 1. The summed E-state index contributed by atoms with van der Waals surface area (Å²) in [5.41, 5.74) is -0.00986. The number of oxime groups is 1. The molecule has 1 heterocycles. The van der Waals surface area contributed by atoms with Crippen LogP contribution in [0, 0.1) is 0 Å². The Bertz CT molecular complexity index is 257. The average Bonchev–Trinajstić information content (AvgIpc) is 2.62. The molecule has 0 amide bonds. The first-order valence-corrected chi connectivity index (χ1v) is 4.70. The van der Waals surface area contributed by atoms with E-state index >= 15 is 0 Å². The number of carbonyl (C=O) groups excluding carboxylic acids is 1. The molecule has 0 aromatic carbocycles. The van der Waals surface area contributed by atoms with Crippen molar-refractivity contribution in [3.8, 4) is 0 Å². The predicted molar refractivity (Wildman–Crippen MR) is 51.4 cm³/mol. The SMILES string of the molecule is CCOC(=O)C(=NOC)C1(C)OCCO1. The lowest BCUT2D eigenvalue weighted by atomic mass is 10.2. The van der Waals surface area contributed by atoms with E-state index in [0.717, 1.165) is 0 Å². The first kappa shape index (κ1) is 11.9. The fraction of sp³-hybridized carbons (Fsp3) is 0.778. The molecule has 0 unspecified atom stereocenters. The van der Waals surface area contributed by atoms with Crippen LogP contribution in [-0.2, 0) is 23.8 Å². The standard InChI is InChI=1S/C9H15NO5/c1-4-13-8(11)7(10-12-3)9(2)14-5-6-15-9/h4-6H2,1-3H3. The monoisotopic (exact) mass is 217 g/mol. The summed E-state index contributed by atoms with van der Waals surface area (Å²) in [6, 6.07) is 0. The molecule has 0 N–H and O–H groups in total. The van der Waals surface area contributed by atoms with E-state index in [1.54, 1.807) is 13.8 Å². The van der Waals surface area contributed by atoms with Gasteiger partial charge in [0.25, 0.3) is 0 Å². The van der Waals surface area contributed by atoms with Crippen molar-refractivity contribution in [2.45, 2.75) is 19.6 Å². The molecule has 86 valence electrons. The summed E-state index contributed by atoms with van der Waals surface area (Å²) in [4.78, 5) is 16.1. The van der Waals surface area contributed by atoms with Crippen molar-refractivity contribution in [2.24, 2.45) is 5.16 Å². The van der Waals surface area contributed by atoms with Gasteiger partial charge in [-0.15, -0.1) is 0 Å². The molecule has 0 atom stereocenters. The van der Waals surface area contributed by atoms with Gasteiger partial charge in [0.2, 0.25) is 11.5 Å². The molecule has 0 aromatic rings. The van der Waals surface area contributed by atoms with Crippen LogP contribution in [-0.4, -0.2) is 44.4 Å². The molecule has 1 aliphatic heterocycles. The zero-order valence-electron chi connectivity index (χ0n) is 9.11. The lowest BCUT2D eigenvalue weighted by Gasteiger charge is -2.21. The summed E-state index contributed by atoms with van der Waals surface area (Å²) in [6.45, 7) is 4.41. The maximum atomic E-state index is 11.5. The van der Waals surface area contributed by atoms with Crippen molar-refractivity contribution >= 4 is 11.7 Å². The van der Waals surface area contributed by atoms with E-state index in [-0.39, 0.29) is 12.3 Å². The molecule has 1 fully saturated rings.